The molecular formula is C10H15FO2. The van der Waals surface area contributed by atoms with Crippen LogP contribution in [0.2, 0.25) is 0 Å². The van der Waals surface area contributed by atoms with Crippen LogP contribution < -0.4 is 0 Å². The maximum absolute atomic E-state index is 13.5. The molecule has 0 aliphatic heterocycles. The molecule has 0 N–H and O–H groups in total. The first kappa shape index (κ1) is 8.97. The first-order chi connectivity index (χ1) is 6.22. The number of rotatable bonds is 2. The number of fused-ring (bicyclic) bond motifs is 2. The summed E-state index contributed by atoms with van der Waals surface area (Å²) in [5, 5.41) is 0. The van der Waals surface area contributed by atoms with E-state index in [1.54, 1.807) is 0 Å². The molecule has 2 rings (SSSR count). The second-order valence-electron chi connectivity index (χ2n) is 4.26. The SMILES string of the molecule is COC(=O)C(F)C1CC2CCC1C2. The number of carbonyl (C=O) groups is 1. The highest BCUT2D eigenvalue weighted by Crippen LogP contribution is 2.50. The number of carbonyl (C=O) groups excluding carboxylic acids is 1. The molecule has 4 atom stereocenters. The lowest BCUT2D eigenvalue weighted by atomic mass is 9.85. The molecule has 2 fully saturated rings. The summed E-state index contributed by atoms with van der Waals surface area (Å²) in [6.45, 7) is 0. The van der Waals surface area contributed by atoms with Crippen molar-refractivity contribution in [1.29, 1.82) is 0 Å². The van der Waals surface area contributed by atoms with Gasteiger partial charge >= 0.3 is 5.97 Å². The van der Waals surface area contributed by atoms with Gasteiger partial charge in [0.25, 0.3) is 0 Å². The van der Waals surface area contributed by atoms with Crippen molar-refractivity contribution < 1.29 is 13.9 Å². The zero-order chi connectivity index (χ0) is 9.42. The van der Waals surface area contributed by atoms with Crippen molar-refractivity contribution in [3.05, 3.63) is 0 Å². The lowest BCUT2D eigenvalue weighted by Gasteiger charge is -2.23. The van der Waals surface area contributed by atoms with Gasteiger partial charge in [-0.05, 0) is 31.1 Å². The van der Waals surface area contributed by atoms with Gasteiger partial charge in [-0.15, -0.1) is 0 Å². The van der Waals surface area contributed by atoms with Crippen LogP contribution in [-0.2, 0) is 9.53 Å². The number of methoxy groups -OCH3 is 1. The molecule has 0 amide bonds. The Bertz CT molecular complexity index is 217. The van der Waals surface area contributed by atoms with E-state index >= 15 is 0 Å². The van der Waals surface area contributed by atoms with Crippen molar-refractivity contribution >= 4 is 5.97 Å². The quantitative estimate of drug-likeness (QED) is 0.616. The van der Waals surface area contributed by atoms with Crippen LogP contribution in [0.3, 0.4) is 0 Å². The molecule has 0 spiro atoms. The Morgan fingerprint density at radius 2 is 2.23 bits per heavy atom. The third-order valence-electron chi connectivity index (χ3n) is 3.60. The van der Waals surface area contributed by atoms with Gasteiger partial charge in [0.05, 0.1) is 7.11 Å². The van der Waals surface area contributed by atoms with Gasteiger partial charge in [0.2, 0.25) is 0 Å². The predicted molar refractivity (Wildman–Crippen MR) is 45.9 cm³/mol. The fourth-order valence-corrected chi connectivity index (χ4v) is 2.94. The first-order valence-corrected chi connectivity index (χ1v) is 4.94. The molecule has 3 heteroatoms. The summed E-state index contributed by atoms with van der Waals surface area (Å²) >= 11 is 0. The first-order valence-electron chi connectivity index (χ1n) is 4.94. The molecule has 0 heterocycles. The van der Waals surface area contributed by atoms with Crippen LogP contribution in [0.4, 0.5) is 4.39 Å². The highest BCUT2D eigenvalue weighted by molar-refractivity contribution is 5.74. The van der Waals surface area contributed by atoms with Crippen molar-refractivity contribution in [3.8, 4) is 0 Å². The average molecular weight is 186 g/mol. The number of halogens is 1. The minimum Gasteiger partial charge on any atom is -0.467 e. The van der Waals surface area contributed by atoms with Crippen LogP contribution in [0.1, 0.15) is 25.7 Å². The van der Waals surface area contributed by atoms with Gasteiger partial charge in [-0.3, -0.25) is 0 Å². The number of esters is 1. The molecule has 74 valence electrons. The zero-order valence-electron chi connectivity index (χ0n) is 7.83. The Hall–Kier alpha value is -0.600. The van der Waals surface area contributed by atoms with Crippen molar-refractivity contribution in [3.63, 3.8) is 0 Å². The third kappa shape index (κ3) is 1.45. The zero-order valence-corrected chi connectivity index (χ0v) is 7.83. The van der Waals surface area contributed by atoms with E-state index in [2.05, 4.69) is 4.74 Å². The van der Waals surface area contributed by atoms with E-state index in [1.165, 1.54) is 13.5 Å². The Balaban J connectivity index is 1.98. The molecule has 4 unspecified atom stereocenters. The standard InChI is InChI=1S/C10H15FO2/c1-13-10(12)9(11)8-5-6-2-3-7(8)4-6/h6-9H,2-5H2,1H3. The second-order valence-corrected chi connectivity index (χ2v) is 4.26. The van der Waals surface area contributed by atoms with E-state index < -0.39 is 12.1 Å². The molecule has 0 radical (unpaired) electrons. The summed E-state index contributed by atoms with van der Waals surface area (Å²) in [5.41, 5.74) is 0. The fourth-order valence-electron chi connectivity index (χ4n) is 2.94. The third-order valence-corrected chi connectivity index (χ3v) is 3.60. The number of ether oxygens (including phenoxy) is 1. The molecular weight excluding hydrogens is 171 g/mol. The number of alkyl halides is 1. The molecule has 2 aliphatic rings. The summed E-state index contributed by atoms with van der Waals surface area (Å²) in [7, 11) is 1.25. The summed E-state index contributed by atoms with van der Waals surface area (Å²) < 4.78 is 17.9. The lowest BCUT2D eigenvalue weighted by Crippen LogP contribution is -2.30. The predicted octanol–water partition coefficient (Wildman–Crippen LogP) is 1.93. The summed E-state index contributed by atoms with van der Waals surface area (Å²) in [4.78, 5) is 11.0. The lowest BCUT2D eigenvalue weighted by molar-refractivity contribution is -0.149. The minimum absolute atomic E-state index is 0.0498. The van der Waals surface area contributed by atoms with E-state index in [4.69, 9.17) is 0 Å². The molecule has 0 aromatic heterocycles. The summed E-state index contributed by atoms with van der Waals surface area (Å²) in [6.07, 6.45) is 2.98. The van der Waals surface area contributed by atoms with Crippen molar-refractivity contribution in [1.82, 2.24) is 0 Å². The van der Waals surface area contributed by atoms with Crippen LogP contribution in [0.15, 0.2) is 0 Å². The van der Waals surface area contributed by atoms with Gasteiger partial charge in [0, 0.05) is 5.92 Å². The van der Waals surface area contributed by atoms with E-state index in [0.29, 0.717) is 11.8 Å². The smallest absolute Gasteiger partial charge is 0.340 e. The van der Waals surface area contributed by atoms with Crippen molar-refractivity contribution in [2.45, 2.75) is 31.9 Å². The molecule has 0 saturated heterocycles. The summed E-state index contributed by atoms with van der Waals surface area (Å²) in [6, 6.07) is 0. The van der Waals surface area contributed by atoms with E-state index in [-0.39, 0.29) is 5.92 Å². The van der Waals surface area contributed by atoms with Gasteiger partial charge in [-0.25, -0.2) is 9.18 Å². The van der Waals surface area contributed by atoms with E-state index in [9.17, 15) is 9.18 Å². The average Bonchev–Trinajstić information content (AvgIpc) is 2.76. The molecule has 2 nitrogen and oxygen atoms in total. The van der Waals surface area contributed by atoms with Crippen LogP contribution in [0, 0.1) is 17.8 Å². The van der Waals surface area contributed by atoms with Gasteiger partial charge in [-0.1, -0.05) is 6.42 Å². The number of hydrogen-bond donors (Lipinski definition) is 0. The highest BCUT2D eigenvalue weighted by atomic mass is 19.1. The van der Waals surface area contributed by atoms with Crippen molar-refractivity contribution in [2.75, 3.05) is 7.11 Å². The van der Waals surface area contributed by atoms with Crippen LogP contribution in [0.25, 0.3) is 0 Å². The van der Waals surface area contributed by atoms with Crippen molar-refractivity contribution in [2.24, 2.45) is 17.8 Å². The van der Waals surface area contributed by atoms with Crippen LogP contribution >= 0.6 is 0 Å². The van der Waals surface area contributed by atoms with Gasteiger partial charge in [0.15, 0.2) is 6.17 Å². The van der Waals surface area contributed by atoms with Crippen LogP contribution in [-0.4, -0.2) is 19.3 Å². The number of hydrogen-bond acceptors (Lipinski definition) is 2. The monoisotopic (exact) mass is 186 g/mol. The van der Waals surface area contributed by atoms with Crippen LogP contribution in [0.5, 0.6) is 0 Å². The van der Waals surface area contributed by atoms with Gasteiger partial charge < -0.3 is 4.74 Å². The Morgan fingerprint density at radius 3 is 2.69 bits per heavy atom. The molecule has 2 bridgehead atoms. The normalized spacial score (nSPS) is 39.1. The van der Waals surface area contributed by atoms with E-state index in [0.717, 1.165) is 19.3 Å². The topological polar surface area (TPSA) is 26.3 Å². The second kappa shape index (κ2) is 3.28. The Morgan fingerprint density at radius 1 is 1.46 bits per heavy atom. The van der Waals surface area contributed by atoms with E-state index in [1.807, 2.05) is 0 Å². The molecule has 2 aliphatic carbocycles. The molecule has 0 aromatic carbocycles. The largest absolute Gasteiger partial charge is 0.467 e. The van der Waals surface area contributed by atoms with Gasteiger partial charge in [-0.2, -0.15) is 0 Å². The highest BCUT2D eigenvalue weighted by Gasteiger charge is 2.45. The molecule has 13 heavy (non-hydrogen) atoms. The van der Waals surface area contributed by atoms with Gasteiger partial charge in [0.1, 0.15) is 0 Å². The minimum atomic E-state index is -1.37. The Kier molecular flexibility index (Phi) is 2.26. The summed E-state index contributed by atoms with van der Waals surface area (Å²) in [5.74, 6) is 0.390. The molecule has 2 saturated carbocycles. The maximum Gasteiger partial charge on any atom is 0.340 e. The molecule has 0 aromatic rings. The maximum atomic E-state index is 13.5. The Labute approximate surface area is 77.5 Å². The fraction of sp³-hybridized carbons (Fsp3) is 0.900.